The van der Waals surface area contributed by atoms with Crippen LogP contribution in [-0.2, 0) is 11.3 Å². The molecule has 0 spiro atoms. The highest BCUT2D eigenvalue weighted by Crippen LogP contribution is 2.24. The Morgan fingerprint density at radius 2 is 1.80 bits per heavy atom. The minimum absolute atomic E-state index is 0. The number of hydrogen-bond acceptors (Lipinski definition) is 1. The second-order valence-electron chi connectivity index (χ2n) is 5.92. The summed E-state index contributed by atoms with van der Waals surface area (Å²) in [5.74, 6) is 0.880. The minimum Gasteiger partial charge on any atom is -1.00 e. The van der Waals surface area contributed by atoms with Gasteiger partial charge in [0.15, 0.2) is 0 Å². The van der Waals surface area contributed by atoms with E-state index in [1.165, 1.54) is 29.7 Å². The molecule has 2 nitrogen and oxygen atoms in total. The number of halogens is 1. The average Bonchev–Trinajstić information content (AvgIpc) is 2.47. The maximum absolute atomic E-state index is 12.1. The molecule has 0 heterocycles. The molecular formula is C17H26ClNO. The Morgan fingerprint density at radius 3 is 2.45 bits per heavy atom. The summed E-state index contributed by atoms with van der Waals surface area (Å²) in [5, 5.41) is 0. The van der Waals surface area contributed by atoms with E-state index in [2.05, 4.69) is 31.3 Å². The fourth-order valence-corrected chi connectivity index (χ4v) is 3.00. The third kappa shape index (κ3) is 5.64. The molecule has 0 saturated heterocycles. The predicted molar refractivity (Wildman–Crippen MR) is 78.1 cm³/mol. The molecule has 1 unspecified atom stereocenters. The van der Waals surface area contributed by atoms with Crippen LogP contribution in [0.15, 0.2) is 30.3 Å². The lowest BCUT2D eigenvalue weighted by Crippen LogP contribution is -3.07. The van der Waals surface area contributed by atoms with Gasteiger partial charge < -0.3 is 17.3 Å². The van der Waals surface area contributed by atoms with Crippen LogP contribution < -0.4 is 17.3 Å². The van der Waals surface area contributed by atoms with Gasteiger partial charge in [0.1, 0.15) is 12.3 Å². The van der Waals surface area contributed by atoms with E-state index in [4.69, 9.17) is 0 Å². The zero-order valence-electron chi connectivity index (χ0n) is 12.4. The van der Waals surface area contributed by atoms with E-state index in [1.807, 2.05) is 6.07 Å². The lowest BCUT2D eigenvalue weighted by Gasteiger charge is -2.21. The number of benzene rings is 1. The molecule has 0 bridgehead atoms. The van der Waals surface area contributed by atoms with Gasteiger partial charge in [-0.15, -0.1) is 0 Å². The van der Waals surface area contributed by atoms with Crippen molar-refractivity contribution >= 4 is 5.78 Å². The normalized spacial score (nSPS) is 17.2. The summed E-state index contributed by atoms with van der Waals surface area (Å²) in [6, 6.07) is 10.5. The number of quaternary nitrogens is 1. The van der Waals surface area contributed by atoms with Gasteiger partial charge in [-0.25, -0.2) is 0 Å². The van der Waals surface area contributed by atoms with Crippen LogP contribution in [0, 0.1) is 5.92 Å². The van der Waals surface area contributed by atoms with Crippen LogP contribution >= 0.6 is 0 Å². The van der Waals surface area contributed by atoms with Crippen LogP contribution in [0.25, 0.3) is 0 Å². The maximum atomic E-state index is 12.1. The molecule has 2 rings (SSSR count). The Morgan fingerprint density at radius 1 is 1.15 bits per heavy atom. The lowest BCUT2D eigenvalue weighted by atomic mass is 9.85. The molecule has 1 saturated carbocycles. The SMILES string of the molecule is C[NH+](CCC(=O)C1CCCCC1)Cc1ccccc1.[Cl-]. The van der Waals surface area contributed by atoms with Gasteiger partial charge in [-0.2, -0.15) is 0 Å². The molecule has 1 atom stereocenters. The highest BCUT2D eigenvalue weighted by atomic mass is 35.5. The summed E-state index contributed by atoms with van der Waals surface area (Å²) in [6.45, 7) is 1.98. The fraction of sp³-hybridized carbons (Fsp3) is 0.588. The molecule has 1 aliphatic carbocycles. The van der Waals surface area contributed by atoms with Crippen molar-refractivity contribution in [1.82, 2.24) is 0 Å². The summed E-state index contributed by atoms with van der Waals surface area (Å²) in [6.07, 6.45) is 6.85. The molecule has 1 aliphatic rings. The average molecular weight is 296 g/mol. The smallest absolute Gasteiger partial charge is 0.141 e. The maximum Gasteiger partial charge on any atom is 0.141 e. The van der Waals surface area contributed by atoms with Crippen molar-refractivity contribution in [2.45, 2.75) is 45.1 Å². The first kappa shape index (κ1) is 17.2. The molecule has 1 fully saturated rings. The Kier molecular flexibility index (Phi) is 7.86. The van der Waals surface area contributed by atoms with Crippen LogP contribution in [0.4, 0.5) is 0 Å². The van der Waals surface area contributed by atoms with Crippen LogP contribution in [0.5, 0.6) is 0 Å². The molecule has 112 valence electrons. The van der Waals surface area contributed by atoms with Crippen LogP contribution in [-0.4, -0.2) is 19.4 Å². The number of ketones is 1. The van der Waals surface area contributed by atoms with Crippen LogP contribution in [0.1, 0.15) is 44.1 Å². The molecule has 0 aromatic heterocycles. The molecule has 0 radical (unpaired) electrons. The zero-order chi connectivity index (χ0) is 13.5. The largest absolute Gasteiger partial charge is 1.00 e. The van der Waals surface area contributed by atoms with Crippen molar-refractivity contribution in [1.29, 1.82) is 0 Å². The van der Waals surface area contributed by atoms with E-state index in [0.717, 1.165) is 32.4 Å². The van der Waals surface area contributed by atoms with E-state index in [0.29, 0.717) is 11.7 Å². The summed E-state index contributed by atoms with van der Waals surface area (Å²) in [5.41, 5.74) is 1.35. The first-order valence-electron chi connectivity index (χ1n) is 7.63. The quantitative estimate of drug-likeness (QED) is 0.732. The van der Waals surface area contributed by atoms with Gasteiger partial charge in [0.2, 0.25) is 0 Å². The van der Waals surface area contributed by atoms with Crippen molar-refractivity contribution in [3.63, 3.8) is 0 Å². The predicted octanol–water partition coefficient (Wildman–Crippen LogP) is -0.755. The van der Waals surface area contributed by atoms with Gasteiger partial charge in [0, 0.05) is 11.5 Å². The van der Waals surface area contributed by atoms with E-state index >= 15 is 0 Å². The van der Waals surface area contributed by atoms with E-state index < -0.39 is 0 Å². The van der Waals surface area contributed by atoms with Gasteiger partial charge in [0.25, 0.3) is 0 Å². The Labute approximate surface area is 129 Å². The van der Waals surface area contributed by atoms with E-state index in [-0.39, 0.29) is 12.4 Å². The molecule has 1 aromatic carbocycles. The second-order valence-corrected chi connectivity index (χ2v) is 5.92. The highest BCUT2D eigenvalue weighted by molar-refractivity contribution is 5.81. The molecule has 1 N–H and O–H groups in total. The third-order valence-corrected chi connectivity index (χ3v) is 4.21. The number of carbonyl (C=O) groups excluding carboxylic acids is 1. The van der Waals surface area contributed by atoms with Crippen molar-refractivity contribution < 1.29 is 22.1 Å². The van der Waals surface area contributed by atoms with Gasteiger partial charge in [-0.1, -0.05) is 49.6 Å². The molecule has 20 heavy (non-hydrogen) atoms. The third-order valence-electron chi connectivity index (χ3n) is 4.21. The van der Waals surface area contributed by atoms with Crippen LogP contribution in [0.3, 0.4) is 0 Å². The number of Topliss-reactive ketones (excluding diaryl/α,β-unsaturated/α-hetero) is 1. The van der Waals surface area contributed by atoms with Crippen molar-refractivity contribution in [2.75, 3.05) is 13.6 Å². The summed E-state index contributed by atoms with van der Waals surface area (Å²) < 4.78 is 0. The van der Waals surface area contributed by atoms with Gasteiger partial charge in [0.05, 0.1) is 20.0 Å². The molecule has 3 heteroatoms. The minimum atomic E-state index is 0. The van der Waals surface area contributed by atoms with Gasteiger partial charge in [-0.05, 0) is 12.8 Å². The summed E-state index contributed by atoms with van der Waals surface area (Å²) >= 11 is 0. The molecular weight excluding hydrogens is 270 g/mol. The van der Waals surface area contributed by atoms with E-state index in [1.54, 1.807) is 0 Å². The van der Waals surface area contributed by atoms with Crippen LogP contribution in [0.2, 0.25) is 0 Å². The summed E-state index contributed by atoms with van der Waals surface area (Å²) in [4.78, 5) is 13.6. The standard InChI is InChI=1S/C17H25NO.ClH/c1-18(14-15-8-4-2-5-9-15)13-12-17(19)16-10-6-3-7-11-16;/h2,4-5,8-9,16H,3,6-7,10-14H2,1H3;1H. The van der Waals surface area contributed by atoms with Crippen molar-refractivity contribution in [2.24, 2.45) is 5.92 Å². The van der Waals surface area contributed by atoms with Gasteiger partial charge in [-0.3, -0.25) is 4.79 Å². The summed E-state index contributed by atoms with van der Waals surface area (Å²) in [7, 11) is 2.18. The number of rotatable bonds is 6. The molecule has 0 aliphatic heterocycles. The van der Waals surface area contributed by atoms with Crippen molar-refractivity contribution in [3.05, 3.63) is 35.9 Å². The Balaban J connectivity index is 0.00000200. The lowest BCUT2D eigenvalue weighted by molar-refractivity contribution is -0.893. The number of carbonyl (C=O) groups is 1. The first-order valence-corrected chi connectivity index (χ1v) is 7.63. The zero-order valence-corrected chi connectivity index (χ0v) is 13.2. The monoisotopic (exact) mass is 295 g/mol. The Bertz CT molecular complexity index is 387. The molecule has 1 aromatic rings. The fourth-order valence-electron chi connectivity index (χ4n) is 3.00. The second kappa shape index (κ2) is 9.15. The van der Waals surface area contributed by atoms with Crippen molar-refractivity contribution in [3.8, 4) is 0 Å². The highest BCUT2D eigenvalue weighted by Gasteiger charge is 2.21. The Hall–Kier alpha value is -0.860. The number of nitrogens with one attached hydrogen (secondary N) is 1. The molecule has 0 amide bonds. The first-order chi connectivity index (χ1) is 9.25. The van der Waals surface area contributed by atoms with E-state index in [9.17, 15) is 4.79 Å². The topological polar surface area (TPSA) is 21.5 Å². The van der Waals surface area contributed by atoms with Gasteiger partial charge >= 0.3 is 0 Å². The number of hydrogen-bond donors (Lipinski definition) is 1.